The van der Waals surface area contributed by atoms with Gasteiger partial charge in [0.25, 0.3) is 0 Å². The van der Waals surface area contributed by atoms with Gasteiger partial charge in [0.1, 0.15) is 0 Å². The molecule has 1 aromatic carbocycles. The Morgan fingerprint density at radius 1 is 1.42 bits per heavy atom. The van der Waals surface area contributed by atoms with Crippen LogP contribution >= 0.6 is 0 Å². The van der Waals surface area contributed by atoms with Crippen LogP contribution in [-0.2, 0) is 4.79 Å². The maximum atomic E-state index is 12.4. The number of allylic oxidation sites excluding steroid dienone is 2. The number of nitrogens with zero attached hydrogens (tertiary/aromatic N) is 1. The van der Waals surface area contributed by atoms with Crippen molar-refractivity contribution in [2.24, 2.45) is 5.41 Å². The molecule has 0 N–H and O–H groups in total. The highest BCUT2D eigenvalue weighted by Gasteiger charge is 2.44. The van der Waals surface area contributed by atoms with Crippen molar-refractivity contribution in [3.8, 4) is 0 Å². The van der Waals surface area contributed by atoms with Crippen molar-refractivity contribution in [1.82, 2.24) is 4.90 Å². The molecule has 0 saturated carbocycles. The normalized spacial score (nSPS) is 22.6. The molecule has 1 heterocycles. The minimum Gasteiger partial charge on any atom is -0.345 e. The van der Waals surface area contributed by atoms with Gasteiger partial charge in [-0.1, -0.05) is 43.0 Å². The van der Waals surface area contributed by atoms with Crippen molar-refractivity contribution in [2.75, 3.05) is 13.6 Å². The Hall–Kier alpha value is -1.83. The van der Waals surface area contributed by atoms with Crippen LogP contribution in [0.2, 0.25) is 0 Å². The molecule has 2 heteroatoms. The molecule has 1 fully saturated rings. The molecule has 1 saturated heterocycles. The highest BCUT2D eigenvalue weighted by molar-refractivity contribution is 5.87. The Kier molecular flexibility index (Phi) is 3.89. The fourth-order valence-corrected chi connectivity index (χ4v) is 2.88. The quantitative estimate of drug-likeness (QED) is 0.737. The van der Waals surface area contributed by atoms with Gasteiger partial charge in [-0.2, -0.15) is 0 Å². The number of rotatable bonds is 5. The lowest BCUT2D eigenvalue weighted by Crippen LogP contribution is -2.32. The zero-order chi connectivity index (χ0) is 13.9. The molecule has 0 spiro atoms. The fourth-order valence-electron chi connectivity index (χ4n) is 2.88. The number of hydrogen-bond donors (Lipinski definition) is 0. The summed E-state index contributed by atoms with van der Waals surface area (Å²) in [7, 11) is 1.87. The summed E-state index contributed by atoms with van der Waals surface area (Å²) in [6, 6.07) is 10.1. The number of hydrogen-bond acceptors (Lipinski definition) is 1. The molecule has 2 nitrogen and oxygen atoms in total. The Morgan fingerprint density at radius 2 is 2.11 bits per heavy atom. The summed E-state index contributed by atoms with van der Waals surface area (Å²) in [4.78, 5) is 14.2. The van der Waals surface area contributed by atoms with Crippen LogP contribution in [0.4, 0.5) is 0 Å². The van der Waals surface area contributed by atoms with Crippen molar-refractivity contribution in [1.29, 1.82) is 0 Å². The first-order valence-electron chi connectivity index (χ1n) is 6.69. The predicted molar refractivity (Wildman–Crippen MR) is 79.6 cm³/mol. The van der Waals surface area contributed by atoms with Gasteiger partial charge in [-0.05, 0) is 30.4 Å². The van der Waals surface area contributed by atoms with E-state index >= 15 is 0 Å². The number of carbonyl (C=O) groups is 1. The Morgan fingerprint density at radius 3 is 2.63 bits per heavy atom. The first-order valence-corrected chi connectivity index (χ1v) is 6.69. The molecule has 0 aliphatic carbocycles. The van der Waals surface area contributed by atoms with E-state index in [1.165, 1.54) is 0 Å². The van der Waals surface area contributed by atoms with Gasteiger partial charge in [0.15, 0.2) is 0 Å². The van der Waals surface area contributed by atoms with Crippen LogP contribution in [0, 0.1) is 5.41 Å². The smallest absolute Gasteiger partial charge is 0.229 e. The lowest BCUT2D eigenvalue weighted by molar-refractivity contribution is -0.134. The average Bonchev–Trinajstić information content (AvgIpc) is 2.69. The number of benzene rings is 1. The summed E-state index contributed by atoms with van der Waals surface area (Å²) < 4.78 is 0. The van der Waals surface area contributed by atoms with Gasteiger partial charge < -0.3 is 4.90 Å². The lowest BCUT2D eigenvalue weighted by Gasteiger charge is -2.27. The van der Waals surface area contributed by atoms with Crippen LogP contribution in [0.5, 0.6) is 0 Å². The fraction of sp³-hybridized carbons (Fsp3) is 0.353. The van der Waals surface area contributed by atoms with Crippen LogP contribution in [0.25, 0.3) is 5.57 Å². The highest BCUT2D eigenvalue weighted by atomic mass is 16.2. The average molecular weight is 255 g/mol. The molecule has 19 heavy (non-hydrogen) atoms. The highest BCUT2D eigenvalue weighted by Crippen LogP contribution is 2.42. The van der Waals surface area contributed by atoms with E-state index in [0.717, 1.165) is 30.5 Å². The van der Waals surface area contributed by atoms with E-state index in [2.05, 4.69) is 13.2 Å². The summed E-state index contributed by atoms with van der Waals surface area (Å²) >= 11 is 0. The summed E-state index contributed by atoms with van der Waals surface area (Å²) in [5, 5.41) is 0. The monoisotopic (exact) mass is 255 g/mol. The number of carbonyl (C=O) groups excluding carboxylic acids is 1. The number of likely N-dealkylation sites (tertiary alicyclic amines) is 1. The van der Waals surface area contributed by atoms with Crippen LogP contribution in [-0.4, -0.2) is 24.4 Å². The van der Waals surface area contributed by atoms with Gasteiger partial charge in [0.05, 0.1) is 5.41 Å². The molecule has 2 rings (SSSR count). The molecular weight excluding hydrogens is 234 g/mol. The molecule has 1 aliphatic heterocycles. The van der Waals surface area contributed by atoms with E-state index in [1.807, 2.05) is 48.4 Å². The second-order valence-corrected chi connectivity index (χ2v) is 5.40. The van der Waals surface area contributed by atoms with E-state index in [4.69, 9.17) is 0 Å². The largest absolute Gasteiger partial charge is 0.345 e. The van der Waals surface area contributed by atoms with Gasteiger partial charge in [0.2, 0.25) is 5.91 Å². The van der Waals surface area contributed by atoms with E-state index < -0.39 is 0 Å². The van der Waals surface area contributed by atoms with Crippen LogP contribution in [0.15, 0.2) is 49.6 Å². The van der Waals surface area contributed by atoms with Crippen molar-refractivity contribution >= 4 is 11.5 Å². The topological polar surface area (TPSA) is 20.3 Å². The predicted octanol–water partition coefficient (Wildman–Crippen LogP) is 3.51. The van der Waals surface area contributed by atoms with Crippen LogP contribution in [0.3, 0.4) is 0 Å². The summed E-state index contributed by atoms with van der Waals surface area (Å²) in [5.74, 6) is 0.226. The van der Waals surface area contributed by atoms with Gasteiger partial charge >= 0.3 is 0 Å². The molecular formula is C17H21NO. The molecule has 0 radical (unpaired) electrons. The first-order chi connectivity index (χ1) is 9.09. The van der Waals surface area contributed by atoms with Crippen LogP contribution in [0.1, 0.15) is 24.8 Å². The van der Waals surface area contributed by atoms with Crippen molar-refractivity contribution < 1.29 is 4.79 Å². The second-order valence-electron chi connectivity index (χ2n) is 5.40. The van der Waals surface area contributed by atoms with Gasteiger partial charge in [-0.3, -0.25) is 4.79 Å². The zero-order valence-electron chi connectivity index (χ0n) is 11.6. The number of amides is 1. The third kappa shape index (κ3) is 2.62. The Labute approximate surface area is 115 Å². The van der Waals surface area contributed by atoms with Gasteiger partial charge in [-0.25, -0.2) is 0 Å². The molecule has 1 aliphatic rings. The van der Waals surface area contributed by atoms with E-state index in [0.29, 0.717) is 6.42 Å². The Balaban J connectivity index is 2.21. The second kappa shape index (κ2) is 5.43. The molecule has 1 aromatic rings. The zero-order valence-corrected chi connectivity index (χ0v) is 11.6. The minimum atomic E-state index is -0.330. The maximum Gasteiger partial charge on any atom is 0.229 e. The van der Waals surface area contributed by atoms with Gasteiger partial charge in [-0.15, -0.1) is 6.58 Å². The summed E-state index contributed by atoms with van der Waals surface area (Å²) in [5.41, 5.74) is 1.82. The Bertz CT molecular complexity index is 491. The standard InChI is InChI=1S/C17H21NO/c1-4-10-17(11-12-18(3)16(17)19)13-14(2)15-8-6-5-7-9-15/h4-9H,1-2,10-13H2,3H3. The third-order valence-electron chi connectivity index (χ3n) is 4.00. The van der Waals surface area contributed by atoms with E-state index in [9.17, 15) is 4.79 Å². The third-order valence-corrected chi connectivity index (χ3v) is 4.00. The van der Waals surface area contributed by atoms with Crippen LogP contribution < -0.4 is 0 Å². The van der Waals surface area contributed by atoms with Crippen molar-refractivity contribution in [3.05, 3.63) is 55.1 Å². The minimum absolute atomic E-state index is 0.226. The van der Waals surface area contributed by atoms with Crippen molar-refractivity contribution in [2.45, 2.75) is 19.3 Å². The summed E-state index contributed by atoms with van der Waals surface area (Å²) in [6.45, 7) is 8.81. The lowest BCUT2D eigenvalue weighted by atomic mass is 9.76. The molecule has 1 unspecified atom stereocenters. The van der Waals surface area contributed by atoms with E-state index in [-0.39, 0.29) is 11.3 Å². The summed E-state index contributed by atoms with van der Waals surface area (Å²) in [6.07, 6.45) is 4.18. The van der Waals surface area contributed by atoms with Gasteiger partial charge in [0, 0.05) is 13.6 Å². The molecule has 1 amide bonds. The van der Waals surface area contributed by atoms with Crippen molar-refractivity contribution in [3.63, 3.8) is 0 Å². The molecule has 1 atom stereocenters. The van der Waals surface area contributed by atoms with E-state index in [1.54, 1.807) is 0 Å². The first kappa shape index (κ1) is 13.6. The molecule has 0 bridgehead atoms. The molecule has 0 aromatic heterocycles. The SMILES string of the molecule is C=CCC1(CC(=C)c2ccccc2)CCN(C)C1=O. The molecule has 100 valence electrons. The maximum absolute atomic E-state index is 12.4.